The van der Waals surface area contributed by atoms with Crippen molar-refractivity contribution in [3.05, 3.63) is 0 Å². The molecule has 0 aromatic heterocycles. The van der Waals surface area contributed by atoms with Crippen molar-refractivity contribution < 1.29 is 28.0 Å². The van der Waals surface area contributed by atoms with Gasteiger partial charge in [-0.3, -0.25) is 9.05 Å². The van der Waals surface area contributed by atoms with E-state index in [2.05, 4.69) is 13.8 Å². The van der Waals surface area contributed by atoms with Gasteiger partial charge in [0.15, 0.2) is 0 Å². The van der Waals surface area contributed by atoms with Crippen LogP contribution in [0.4, 0.5) is 0 Å². The maximum Gasteiger partial charge on any atom is 0.472 e. The van der Waals surface area contributed by atoms with Gasteiger partial charge >= 0.3 is 7.82 Å². The smallest absolute Gasteiger partial charge is 0.379 e. The molecule has 0 amide bonds. The molecule has 0 rings (SSSR count). The summed E-state index contributed by atoms with van der Waals surface area (Å²) >= 11 is 0. The van der Waals surface area contributed by atoms with Crippen molar-refractivity contribution in [2.24, 2.45) is 0 Å². The van der Waals surface area contributed by atoms with E-state index in [9.17, 15) is 9.46 Å². The van der Waals surface area contributed by atoms with Crippen LogP contribution in [0.25, 0.3) is 0 Å². The zero-order valence-corrected chi connectivity index (χ0v) is 23.1. The van der Waals surface area contributed by atoms with Gasteiger partial charge in [0.05, 0.1) is 25.4 Å². The average molecular weight is 495 g/mol. The molecule has 0 saturated carbocycles. The Morgan fingerprint density at radius 2 is 0.879 bits per heavy atom. The number of unbranched alkanes of at least 4 members (excludes halogenated alkanes) is 14. The molecule has 6 nitrogen and oxygen atoms in total. The Hall–Kier alpha value is 0.0300. The van der Waals surface area contributed by atoms with Gasteiger partial charge in [-0.2, -0.15) is 0 Å². The fraction of sp³-hybridized carbons (Fsp3) is 1.00. The molecule has 1 N–H and O–H groups in total. The van der Waals surface area contributed by atoms with Crippen LogP contribution >= 0.6 is 7.82 Å². The van der Waals surface area contributed by atoms with Gasteiger partial charge in [-0.1, -0.05) is 104 Å². The number of hydrogen-bond donors (Lipinski definition) is 1. The standard InChI is InChI=1S/C26H55O6P/c1-5-7-9-11-13-15-17-19-21-29-23-25(3)31-33(27,28)32-26(4)24-30-22-20-18-16-14-12-10-8-6-2/h25-26H,5-24H2,1-4H3,(H,27,28). The van der Waals surface area contributed by atoms with Crippen LogP contribution in [0.5, 0.6) is 0 Å². The van der Waals surface area contributed by atoms with Gasteiger partial charge in [-0.05, 0) is 26.7 Å². The molecule has 0 bridgehead atoms. The van der Waals surface area contributed by atoms with E-state index in [4.69, 9.17) is 18.5 Å². The molecule has 33 heavy (non-hydrogen) atoms. The molecule has 0 aromatic carbocycles. The lowest BCUT2D eigenvalue weighted by Crippen LogP contribution is -2.20. The van der Waals surface area contributed by atoms with Crippen LogP contribution in [0, 0.1) is 0 Å². The molecule has 200 valence electrons. The largest absolute Gasteiger partial charge is 0.472 e. The van der Waals surface area contributed by atoms with Crippen molar-refractivity contribution in [3.8, 4) is 0 Å². The molecule has 2 unspecified atom stereocenters. The first-order valence-electron chi connectivity index (χ1n) is 13.8. The number of rotatable bonds is 26. The molecule has 7 heteroatoms. The number of ether oxygens (including phenoxy) is 2. The third-order valence-corrected chi connectivity index (χ3v) is 6.87. The fourth-order valence-electron chi connectivity index (χ4n) is 3.72. The molecule has 2 atom stereocenters. The van der Waals surface area contributed by atoms with Crippen molar-refractivity contribution >= 4 is 7.82 Å². The first-order chi connectivity index (χ1) is 15.9. The first kappa shape index (κ1) is 33.0. The first-order valence-corrected chi connectivity index (χ1v) is 15.3. The predicted molar refractivity (Wildman–Crippen MR) is 138 cm³/mol. The second-order valence-electron chi connectivity index (χ2n) is 9.40. The summed E-state index contributed by atoms with van der Waals surface area (Å²) in [5, 5.41) is 0. The average Bonchev–Trinajstić information content (AvgIpc) is 2.75. The molecule has 0 fully saturated rings. The Kier molecular flexibility index (Phi) is 23.8. The molecule has 0 saturated heterocycles. The highest BCUT2D eigenvalue weighted by Crippen LogP contribution is 2.45. The summed E-state index contributed by atoms with van der Waals surface area (Å²) in [4.78, 5) is 9.98. The molecular formula is C26H55O6P. The zero-order valence-electron chi connectivity index (χ0n) is 22.2. The molecule has 0 radical (unpaired) electrons. The highest BCUT2D eigenvalue weighted by atomic mass is 31.2. The molecule has 0 spiro atoms. The maximum absolute atomic E-state index is 12.2. The lowest BCUT2D eigenvalue weighted by Gasteiger charge is -2.21. The monoisotopic (exact) mass is 494 g/mol. The van der Waals surface area contributed by atoms with E-state index in [0.29, 0.717) is 13.2 Å². The van der Waals surface area contributed by atoms with Crippen LogP contribution in [0.15, 0.2) is 0 Å². The molecule has 0 aliphatic rings. The normalized spacial score (nSPS) is 15.4. The van der Waals surface area contributed by atoms with Gasteiger partial charge in [0, 0.05) is 13.2 Å². The molecule has 0 aromatic rings. The fourth-order valence-corrected chi connectivity index (χ4v) is 4.80. The van der Waals surface area contributed by atoms with E-state index in [1.165, 1.54) is 89.9 Å². The van der Waals surface area contributed by atoms with E-state index in [0.717, 1.165) is 12.8 Å². The van der Waals surface area contributed by atoms with E-state index in [-0.39, 0.29) is 13.2 Å². The van der Waals surface area contributed by atoms with Crippen LogP contribution in [0.2, 0.25) is 0 Å². The predicted octanol–water partition coefficient (Wildman–Crippen LogP) is 8.21. The maximum atomic E-state index is 12.2. The summed E-state index contributed by atoms with van der Waals surface area (Å²) in [6, 6.07) is 0. The third kappa shape index (κ3) is 24.9. The van der Waals surface area contributed by atoms with Crippen LogP contribution in [-0.2, 0) is 23.1 Å². The summed E-state index contributed by atoms with van der Waals surface area (Å²) in [5.41, 5.74) is 0. The van der Waals surface area contributed by atoms with Crippen molar-refractivity contribution in [1.82, 2.24) is 0 Å². The Balaban J connectivity index is 3.63. The summed E-state index contributed by atoms with van der Waals surface area (Å²) in [7, 11) is -4.12. The Morgan fingerprint density at radius 3 is 1.21 bits per heavy atom. The summed E-state index contributed by atoms with van der Waals surface area (Å²) in [6.07, 6.45) is 19.0. The van der Waals surface area contributed by atoms with E-state index in [1.807, 2.05) is 0 Å². The minimum atomic E-state index is -4.12. The molecular weight excluding hydrogens is 439 g/mol. The van der Waals surface area contributed by atoms with Crippen LogP contribution in [0.3, 0.4) is 0 Å². The minimum Gasteiger partial charge on any atom is -0.379 e. The number of phosphoric ester groups is 1. The van der Waals surface area contributed by atoms with E-state index in [1.54, 1.807) is 13.8 Å². The second-order valence-corrected chi connectivity index (χ2v) is 10.8. The van der Waals surface area contributed by atoms with Gasteiger partial charge < -0.3 is 14.4 Å². The summed E-state index contributed by atoms with van der Waals surface area (Å²) in [5.74, 6) is 0. The van der Waals surface area contributed by atoms with Crippen LogP contribution < -0.4 is 0 Å². The molecule has 0 aliphatic carbocycles. The van der Waals surface area contributed by atoms with E-state index >= 15 is 0 Å². The van der Waals surface area contributed by atoms with Gasteiger partial charge in [-0.25, -0.2) is 4.57 Å². The highest BCUT2D eigenvalue weighted by Gasteiger charge is 2.27. The third-order valence-electron chi connectivity index (χ3n) is 5.62. The van der Waals surface area contributed by atoms with Crippen molar-refractivity contribution in [1.29, 1.82) is 0 Å². The van der Waals surface area contributed by atoms with Gasteiger partial charge in [0.2, 0.25) is 0 Å². The quantitative estimate of drug-likeness (QED) is 0.0964. The molecule has 0 heterocycles. The van der Waals surface area contributed by atoms with Gasteiger partial charge in [-0.15, -0.1) is 0 Å². The Morgan fingerprint density at radius 1 is 0.576 bits per heavy atom. The lowest BCUT2D eigenvalue weighted by atomic mass is 10.1. The zero-order chi connectivity index (χ0) is 24.6. The van der Waals surface area contributed by atoms with Crippen LogP contribution in [0.1, 0.15) is 130 Å². The van der Waals surface area contributed by atoms with Gasteiger partial charge in [0.25, 0.3) is 0 Å². The van der Waals surface area contributed by atoms with Crippen LogP contribution in [-0.4, -0.2) is 43.5 Å². The highest BCUT2D eigenvalue weighted by molar-refractivity contribution is 7.47. The number of phosphoric acid groups is 1. The minimum absolute atomic E-state index is 0.285. The summed E-state index contributed by atoms with van der Waals surface area (Å²) in [6.45, 7) is 9.80. The number of hydrogen-bond acceptors (Lipinski definition) is 5. The second kappa shape index (κ2) is 23.8. The Bertz CT molecular complexity index is 412. The van der Waals surface area contributed by atoms with Crippen molar-refractivity contribution in [2.75, 3.05) is 26.4 Å². The summed E-state index contributed by atoms with van der Waals surface area (Å²) < 4.78 is 33.8. The van der Waals surface area contributed by atoms with Crippen molar-refractivity contribution in [2.45, 2.75) is 143 Å². The SMILES string of the molecule is CCCCCCCCCCOCC(C)OP(=O)(O)OC(C)COCCCCCCCCCC. The topological polar surface area (TPSA) is 74.2 Å². The van der Waals surface area contributed by atoms with E-state index < -0.39 is 20.0 Å². The molecule has 0 aliphatic heterocycles. The van der Waals surface area contributed by atoms with Crippen molar-refractivity contribution in [3.63, 3.8) is 0 Å². The lowest BCUT2D eigenvalue weighted by molar-refractivity contribution is 0.00555. The van der Waals surface area contributed by atoms with Gasteiger partial charge in [0.1, 0.15) is 0 Å². The Labute approximate surface area is 205 Å².